The number of alkyl carbamates (subject to hydrolysis) is 1. The summed E-state index contributed by atoms with van der Waals surface area (Å²) in [6, 6.07) is 12.2. The first-order valence-corrected chi connectivity index (χ1v) is 18.6. The maximum atomic E-state index is 13.8. The van der Waals surface area contributed by atoms with E-state index in [9.17, 15) is 14.9 Å². The highest BCUT2D eigenvalue weighted by molar-refractivity contribution is 6.47. The van der Waals surface area contributed by atoms with Gasteiger partial charge in [-0.05, 0) is 114 Å². The van der Waals surface area contributed by atoms with Crippen LogP contribution in [0.4, 0.5) is 4.79 Å². The van der Waals surface area contributed by atoms with Gasteiger partial charge in [-0.3, -0.25) is 9.69 Å². The maximum absolute atomic E-state index is 13.8. The van der Waals surface area contributed by atoms with E-state index in [1.54, 1.807) is 4.90 Å². The van der Waals surface area contributed by atoms with Crippen LogP contribution in [0.25, 0.3) is 0 Å². The summed E-state index contributed by atoms with van der Waals surface area (Å²) < 4.78 is 19.2. The Morgan fingerprint density at radius 1 is 1.10 bits per heavy atom. The van der Waals surface area contributed by atoms with Gasteiger partial charge in [0.25, 0.3) is 0 Å². The molecule has 48 heavy (non-hydrogen) atoms. The predicted octanol–water partition coefficient (Wildman–Crippen LogP) is 6.01. The molecule has 0 radical (unpaired) electrons. The lowest BCUT2D eigenvalue weighted by Gasteiger charge is -2.64. The Morgan fingerprint density at radius 3 is 2.52 bits per heavy atom. The molecular weight excluding hydrogens is 603 g/mol. The number of nitrogens with zero attached hydrogens (tertiary/aromatic N) is 3. The third-order valence-electron chi connectivity index (χ3n) is 13.0. The van der Waals surface area contributed by atoms with E-state index in [1.165, 1.54) is 19.3 Å². The van der Waals surface area contributed by atoms with Crippen molar-refractivity contribution in [3.63, 3.8) is 0 Å². The zero-order chi connectivity index (χ0) is 34.3. The van der Waals surface area contributed by atoms with Crippen LogP contribution in [0.5, 0.6) is 0 Å². The Bertz CT molecular complexity index is 1350. The first-order chi connectivity index (χ1) is 22.8. The number of nitriles is 1. The Kier molecular flexibility index (Phi) is 10.2. The summed E-state index contributed by atoms with van der Waals surface area (Å²) in [5.74, 6) is -0.331. The van der Waals surface area contributed by atoms with Gasteiger partial charge in [-0.25, -0.2) is 4.79 Å². The van der Waals surface area contributed by atoms with Gasteiger partial charge in [-0.2, -0.15) is 5.26 Å². The van der Waals surface area contributed by atoms with Crippen LogP contribution >= 0.6 is 0 Å². The molecule has 3 saturated carbocycles. The van der Waals surface area contributed by atoms with Gasteiger partial charge in [-0.1, -0.05) is 57.5 Å². The van der Waals surface area contributed by atoms with Gasteiger partial charge in [0.05, 0.1) is 29.8 Å². The number of amides is 2. The number of likely N-dealkylation sites (tertiary alicyclic amines) is 2. The lowest BCUT2D eigenvalue weighted by atomic mass is 9.43. The topological polar surface area (TPSA) is 104 Å². The summed E-state index contributed by atoms with van der Waals surface area (Å²) in [4.78, 5) is 31.5. The van der Waals surface area contributed by atoms with Gasteiger partial charge < -0.3 is 24.3 Å². The Labute approximate surface area is 288 Å². The van der Waals surface area contributed by atoms with E-state index in [0.717, 1.165) is 50.8 Å². The number of carbonyl (C=O) groups excluding carboxylic acids is 2. The number of ether oxygens (including phenoxy) is 1. The van der Waals surface area contributed by atoms with E-state index in [-0.39, 0.29) is 47.1 Å². The lowest BCUT2D eigenvalue weighted by Crippen LogP contribution is -2.65. The predicted molar refractivity (Wildman–Crippen MR) is 186 cm³/mol. The van der Waals surface area contributed by atoms with Crippen molar-refractivity contribution in [3.8, 4) is 6.07 Å². The van der Waals surface area contributed by atoms with Crippen molar-refractivity contribution in [1.82, 2.24) is 15.1 Å². The molecule has 2 amide bonds. The molecule has 262 valence electrons. The van der Waals surface area contributed by atoms with Gasteiger partial charge in [0, 0.05) is 12.1 Å². The summed E-state index contributed by atoms with van der Waals surface area (Å²) in [5, 5.41) is 13.3. The van der Waals surface area contributed by atoms with Crippen LogP contribution in [0, 0.1) is 40.4 Å². The average molecular weight is 661 g/mol. The van der Waals surface area contributed by atoms with Crippen LogP contribution in [0.1, 0.15) is 98.5 Å². The Balaban J connectivity index is 1.07. The summed E-state index contributed by atoms with van der Waals surface area (Å²) in [5.41, 5.74) is 0.843. The first kappa shape index (κ1) is 35.2. The van der Waals surface area contributed by atoms with E-state index in [1.807, 2.05) is 37.3 Å². The number of piperidine rings is 1. The molecule has 1 aromatic rings. The fourth-order valence-corrected chi connectivity index (χ4v) is 9.96. The standard InChI is InChI=1S/C38H57BN4O5/c1-26(23-36(2,3)42-17-11-8-12-18-42)30(24-40)34(44)43-19-13-16-29(43)25-46-35(45)41-33(20-27-14-9-7-10-15-27)39-47-32-22-28-21-31(37(28,4)5)38(32,6)48-39/h7,9-10,14-15,26,28-33H,8,11-13,16-23,25H2,1-6H3,(H,41,45)/t26?,28-,29+,30?,31-,32+,33-,38-/m0/s1. The zero-order valence-corrected chi connectivity index (χ0v) is 30.1. The van der Waals surface area contributed by atoms with Crippen molar-refractivity contribution < 1.29 is 23.6 Å². The van der Waals surface area contributed by atoms with Crippen molar-refractivity contribution in [2.75, 3.05) is 26.2 Å². The Morgan fingerprint density at radius 2 is 1.83 bits per heavy atom. The highest BCUT2D eigenvalue weighted by Gasteiger charge is 2.68. The summed E-state index contributed by atoms with van der Waals surface area (Å²) in [6.45, 7) is 16.2. The molecular formula is C38H57BN4O5. The molecule has 10 heteroatoms. The minimum Gasteiger partial charge on any atom is -0.447 e. The minimum atomic E-state index is -0.726. The third kappa shape index (κ3) is 6.89. The second-order valence-electron chi connectivity index (χ2n) is 16.9. The smallest absolute Gasteiger partial charge is 0.447 e. The molecule has 6 aliphatic rings. The molecule has 1 aromatic carbocycles. The highest BCUT2D eigenvalue weighted by atomic mass is 16.7. The zero-order valence-electron chi connectivity index (χ0n) is 30.1. The summed E-state index contributed by atoms with van der Waals surface area (Å²) in [7, 11) is -0.584. The summed E-state index contributed by atoms with van der Waals surface area (Å²) in [6.07, 6.45) is 8.17. The molecule has 3 saturated heterocycles. The molecule has 0 spiro atoms. The van der Waals surface area contributed by atoms with E-state index >= 15 is 0 Å². The molecule has 3 heterocycles. The molecule has 3 aliphatic heterocycles. The quantitative estimate of drug-likeness (QED) is 0.290. The van der Waals surface area contributed by atoms with Gasteiger partial charge in [0.1, 0.15) is 12.5 Å². The number of hydrogen-bond donors (Lipinski definition) is 1. The fraction of sp³-hybridized carbons (Fsp3) is 0.763. The lowest BCUT2D eigenvalue weighted by molar-refractivity contribution is -0.199. The number of nitrogens with one attached hydrogen (secondary N) is 1. The largest absolute Gasteiger partial charge is 0.482 e. The molecule has 0 aromatic heterocycles. The van der Waals surface area contributed by atoms with Crippen LogP contribution in [0.15, 0.2) is 30.3 Å². The number of rotatable bonds is 11. The minimum absolute atomic E-state index is 0.00864. The molecule has 1 N–H and O–H groups in total. The molecule has 8 atom stereocenters. The van der Waals surface area contributed by atoms with Crippen molar-refractivity contribution in [1.29, 1.82) is 5.26 Å². The van der Waals surface area contributed by atoms with Crippen LogP contribution in [-0.2, 0) is 25.3 Å². The molecule has 7 rings (SSSR count). The van der Waals surface area contributed by atoms with Crippen molar-refractivity contribution in [2.45, 2.75) is 129 Å². The monoisotopic (exact) mass is 660 g/mol. The number of carbonyl (C=O) groups is 2. The second kappa shape index (κ2) is 14.0. The maximum Gasteiger partial charge on any atom is 0.482 e. The van der Waals surface area contributed by atoms with Gasteiger partial charge in [0.2, 0.25) is 5.91 Å². The second-order valence-corrected chi connectivity index (χ2v) is 16.9. The fourth-order valence-electron chi connectivity index (χ4n) is 9.96. The SMILES string of the molecule is CC(CC(C)(C)N1CCCCC1)C(C#N)C(=O)N1CCC[C@@H]1COC(=O)N[C@@H](Cc1ccccc1)B1O[C@@H]2C[C@@H]3C[C@@H](C3(C)C)[C@]2(C)O1. The molecule has 6 fully saturated rings. The van der Waals surface area contributed by atoms with Crippen LogP contribution < -0.4 is 5.32 Å². The van der Waals surface area contributed by atoms with Gasteiger partial charge in [0.15, 0.2) is 0 Å². The van der Waals surface area contributed by atoms with E-state index in [2.05, 4.69) is 50.9 Å². The molecule has 9 nitrogen and oxygen atoms in total. The van der Waals surface area contributed by atoms with E-state index < -0.39 is 25.1 Å². The van der Waals surface area contributed by atoms with Crippen LogP contribution in [0.2, 0.25) is 0 Å². The van der Waals surface area contributed by atoms with Crippen molar-refractivity contribution in [3.05, 3.63) is 35.9 Å². The van der Waals surface area contributed by atoms with Crippen LogP contribution in [0.3, 0.4) is 0 Å². The third-order valence-corrected chi connectivity index (χ3v) is 13.0. The average Bonchev–Trinajstić information content (AvgIpc) is 3.68. The molecule has 3 aliphatic carbocycles. The van der Waals surface area contributed by atoms with Crippen molar-refractivity contribution in [2.24, 2.45) is 29.1 Å². The normalized spacial score (nSPS) is 31.6. The van der Waals surface area contributed by atoms with Gasteiger partial charge in [-0.15, -0.1) is 0 Å². The Hall–Kier alpha value is -2.61. The van der Waals surface area contributed by atoms with E-state index in [0.29, 0.717) is 24.8 Å². The molecule has 2 bridgehead atoms. The van der Waals surface area contributed by atoms with Crippen LogP contribution in [-0.4, -0.2) is 84.4 Å². The van der Waals surface area contributed by atoms with E-state index in [4.69, 9.17) is 14.0 Å². The first-order valence-electron chi connectivity index (χ1n) is 18.6. The van der Waals surface area contributed by atoms with Crippen molar-refractivity contribution >= 4 is 19.1 Å². The number of hydrogen-bond acceptors (Lipinski definition) is 7. The molecule has 2 unspecified atom stereocenters. The highest BCUT2D eigenvalue weighted by Crippen LogP contribution is 2.65. The summed E-state index contributed by atoms with van der Waals surface area (Å²) >= 11 is 0. The number of benzene rings is 1. The van der Waals surface area contributed by atoms with Gasteiger partial charge >= 0.3 is 13.2 Å².